The van der Waals surface area contributed by atoms with Gasteiger partial charge in [0.1, 0.15) is 0 Å². The molecule has 2 rings (SSSR count). The van der Waals surface area contributed by atoms with E-state index in [-0.39, 0.29) is 24.9 Å². The van der Waals surface area contributed by atoms with E-state index in [1.165, 1.54) is 0 Å². The number of aliphatic carboxylic acids is 1. The molecule has 1 aliphatic rings. The molecular formula is C15H18BrNO4. The number of carboxylic acid groups (broad SMARTS) is 1. The molecular weight excluding hydrogens is 338 g/mol. The maximum Gasteiger partial charge on any atom is 0.331 e. The van der Waals surface area contributed by atoms with Gasteiger partial charge in [-0.3, -0.25) is 4.79 Å². The third-order valence-corrected chi connectivity index (χ3v) is 4.27. The minimum atomic E-state index is -1.27. The second-order valence-corrected chi connectivity index (χ2v) is 6.31. The van der Waals surface area contributed by atoms with Crippen molar-refractivity contribution in [3.8, 4) is 0 Å². The minimum absolute atomic E-state index is 0.0197. The smallest absolute Gasteiger partial charge is 0.331 e. The maximum atomic E-state index is 12.1. The van der Waals surface area contributed by atoms with Gasteiger partial charge in [0.25, 0.3) is 0 Å². The molecule has 1 heterocycles. The summed E-state index contributed by atoms with van der Waals surface area (Å²) in [4.78, 5) is 23.5. The first-order valence-electron chi connectivity index (χ1n) is 6.80. The van der Waals surface area contributed by atoms with E-state index in [0.29, 0.717) is 13.0 Å². The third kappa shape index (κ3) is 3.83. The summed E-state index contributed by atoms with van der Waals surface area (Å²) in [5.41, 5.74) is -0.225. The van der Waals surface area contributed by atoms with Gasteiger partial charge < -0.3 is 15.2 Å². The molecule has 5 nitrogen and oxygen atoms in total. The quantitative estimate of drug-likeness (QED) is 0.849. The number of carbonyl (C=O) groups is 2. The van der Waals surface area contributed by atoms with Crippen LogP contribution in [0.1, 0.15) is 31.2 Å². The van der Waals surface area contributed by atoms with Crippen LogP contribution < -0.4 is 5.32 Å². The number of ether oxygens (including phenoxy) is 1. The monoisotopic (exact) mass is 355 g/mol. The van der Waals surface area contributed by atoms with Crippen molar-refractivity contribution in [1.82, 2.24) is 5.32 Å². The fraction of sp³-hybridized carbons (Fsp3) is 0.467. The molecule has 2 N–H and O–H groups in total. The molecule has 0 radical (unpaired) electrons. The van der Waals surface area contributed by atoms with Gasteiger partial charge in [-0.2, -0.15) is 0 Å². The number of benzene rings is 1. The second-order valence-electron chi connectivity index (χ2n) is 5.39. The Hall–Kier alpha value is -1.40. The van der Waals surface area contributed by atoms with Crippen LogP contribution in [0.15, 0.2) is 28.7 Å². The van der Waals surface area contributed by atoms with Crippen molar-refractivity contribution in [3.63, 3.8) is 0 Å². The van der Waals surface area contributed by atoms with Crippen LogP contribution in [0.3, 0.4) is 0 Å². The first-order chi connectivity index (χ1) is 9.93. The number of carboxylic acids is 1. The van der Waals surface area contributed by atoms with Crippen LogP contribution in [0.2, 0.25) is 0 Å². The van der Waals surface area contributed by atoms with Gasteiger partial charge in [0.2, 0.25) is 5.91 Å². The molecule has 0 aromatic heterocycles. The number of carbonyl (C=O) groups excluding carboxylic acids is 1. The summed E-state index contributed by atoms with van der Waals surface area (Å²) in [6.45, 7) is 2.33. The van der Waals surface area contributed by atoms with Gasteiger partial charge in [0.05, 0.1) is 6.61 Å². The molecule has 0 spiro atoms. The van der Waals surface area contributed by atoms with E-state index < -0.39 is 11.5 Å². The predicted octanol–water partition coefficient (Wildman–Crippen LogP) is 2.30. The van der Waals surface area contributed by atoms with Crippen LogP contribution in [-0.2, 0) is 14.3 Å². The van der Waals surface area contributed by atoms with Gasteiger partial charge in [-0.15, -0.1) is 0 Å². The fourth-order valence-electron chi connectivity index (χ4n) is 2.39. The zero-order chi connectivity index (χ0) is 15.5. The third-order valence-electron chi connectivity index (χ3n) is 3.74. The van der Waals surface area contributed by atoms with Crippen LogP contribution in [0.4, 0.5) is 0 Å². The summed E-state index contributed by atoms with van der Waals surface area (Å²) >= 11 is 3.37. The van der Waals surface area contributed by atoms with Gasteiger partial charge in [-0.25, -0.2) is 4.79 Å². The van der Waals surface area contributed by atoms with Crippen molar-refractivity contribution in [2.24, 2.45) is 0 Å². The molecule has 1 aromatic rings. The number of hydrogen-bond donors (Lipinski definition) is 2. The topological polar surface area (TPSA) is 75.6 Å². The van der Waals surface area contributed by atoms with Crippen molar-refractivity contribution < 1.29 is 19.4 Å². The highest BCUT2D eigenvalue weighted by Gasteiger charge is 2.43. The van der Waals surface area contributed by atoms with Gasteiger partial charge in [-0.05, 0) is 23.6 Å². The summed E-state index contributed by atoms with van der Waals surface area (Å²) in [7, 11) is 0. The van der Waals surface area contributed by atoms with Crippen LogP contribution in [0.5, 0.6) is 0 Å². The molecule has 2 unspecified atom stereocenters. The molecule has 1 fully saturated rings. The van der Waals surface area contributed by atoms with Gasteiger partial charge in [0.15, 0.2) is 5.54 Å². The molecule has 1 amide bonds. The first kappa shape index (κ1) is 16.0. The Balaban J connectivity index is 1.97. The SMILES string of the molecule is CC(CC(=O)NC1(C(=O)O)CCOC1)c1ccc(Br)cc1. The minimum Gasteiger partial charge on any atom is -0.479 e. The van der Waals surface area contributed by atoms with Crippen molar-refractivity contribution in [2.75, 3.05) is 13.2 Å². The lowest BCUT2D eigenvalue weighted by Gasteiger charge is -2.24. The summed E-state index contributed by atoms with van der Waals surface area (Å²) < 4.78 is 6.11. The predicted molar refractivity (Wildman–Crippen MR) is 81.1 cm³/mol. The highest BCUT2D eigenvalue weighted by atomic mass is 79.9. The standard InChI is InChI=1S/C15H18BrNO4/c1-10(11-2-4-12(16)5-3-11)8-13(18)17-15(14(19)20)6-7-21-9-15/h2-5,10H,6-9H2,1H3,(H,17,18)(H,19,20). The second kappa shape index (κ2) is 6.58. The maximum absolute atomic E-state index is 12.1. The number of nitrogens with one attached hydrogen (secondary N) is 1. The van der Waals surface area contributed by atoms with Crippen molar-refractivity contribution in [2.45, 2.75) is 31.2 Å². The zero-order valence-corrected chi connectivity index (χ0v) is 13.4. The van der Waals surface area contributed by atoms with Crippen molar-refractivity contribution in [3.05, 3.63) is 34.3 Å². The molecule has 21 heavy (non-hydrogen) atoms. The van der Waals surface area contributed by atoms with E-state index in [1.54, 1.807) is 0 Å². The van der Waals surface area contributed by atoms with E-state index in [4.69, 9.17) is 4.74 Å². The highest BCUT2D eigenvalue weighted by Crippen LogP contribution is 2.23. The molecule has 2 atom stereocenters. The Labute approximate surface area is 131 Å². The Bertz CT molecular complexity index is 523. The number of amides is 1. The molecule has 0 saturated carbocycles. The van der Waals surface area contributed by atoms with E-state index >= 15 is 0 Å². The molecule has 1 aliphatic heterocycles. The van der Waals surface area contributed by atoms with Crippen molar-refractivity contribution >= 4 is 27.8 Å². The zero-order valence-electron chi connectivity index (χ0n) is 11.8. The Morgan fingerprint density at radius 1 is 1.43 bits per heavy atom. The van der Waals surface area contributed by atoms with Crippen molar-refractivity contribution in [1.29, 1.82) is 0 Å². The summed E-state index contributed by atoms with van der Waals surface area (Å²) in [6.07, 6.45) is 0.553. The average Bonchev–Trinajstić information content (AvgIpc) is 2.89. The van der Waals surface area contributed by atoms with Gasteiger partial charge in [0, 0.05) is 23.9 Å². The number of rotatable bonds is 5. The number of hydrogen-bond acceptors (Lipinski definition) is 3. The van der Waals surface area contributed by atoms with Crippen LogP contribution in [0, 0.1) is 0 Å². The Morgan fingerprint density at radius 2 is 2.10 bits per heavy atom. The van der Waals surface area contributed by atoms with E-state index in [1.807, 2.05) is 31.2 Å². The van der Waals surface area contributed by atoms with Crippen LogP contribution in [-0.4, -0.2) is 35.7 Å². The summed E-state index contributed by atoms with van der Waals surface area (Å²) in [6, 6.07) is 7.75. The molecule has 0 aliphatic carbocycles. The Kier molecular flexibility index (Phi) is 5.00. The van der Waals surface area contributed by atoms with Gasteiger partial charge in [-0.1, -0.05) is 35.0 Å². The Morgan fingerprint density at radius 3 is 2.62 bits per heavy atom. The highest BCUT2D eigenvalue weighted by molar-refractivity contribution is 9.10. The lowest BCUT2D eigenvalue weighted by molar-refractivity contribution is -0.147. The van der Waals surface area contributed by atoms with E-state index in [0.717, 1.165) is 10.0 Å². The van der Waals surface area contributed by atoms with Gasteiger partial charge >= 0.3 is 5.97 Å². The van der Waals surface area contributed by atoms with E-state index in [2.05, 4.69) is 21.2 Å². The lowest BCUT2D eigenvalue weighted by atomic mass is 9.95. The van der Waals surface area contributed by atoms with E-state index in [9.17, 15) is 14.7 Å². The normalized spacial score (nSPS) is 22.8. The molecule has 0 bridgehead atoms. The largest absolute Gasteiger partial charge is 0.479 e. The fourth-order valence-corrected chi connectivity index (χ4v) is 2.66. The number of halogens is 1. The molecule has 6 heteroatoms. The molecule has 1 saturated heterocycles. The summed E-state index contributed by atoms with van der Waals surface area (Å²) in [5, 5.41) is 11.9. The average molecular weight is 356 g/mol. The lowest BCUT2D eigenvalue weighted by Crippen LogP contribution is -2.55. The summed E-state index contributed by atoms with van der Waals surface area (Å²) in [5.74, 6) is -1.28. The first-order valence-corrected chi connectivity index (χ1v) is 7.60. The molecule has 1 aromatic carbocycles. The molecule has 114 valence electrons. The van der Waals surface area contributed by atoms with Crippen LogP contribution in [0.25, 0.3) is 0 Å². The van der Waals surface area contributed by atoms with Crippen LogP contribution >= 0.6 is 15.9 Å².